The minimum atomic E-state index is -3.52. The Kier molecular flexibility index (Phi) is 7.27. The van der Waals surface area contributed by atoms with E-state index >= 15 is 0 Å². The van der Waals surface area contributed by atoms with Crippen LogP contribution in [0.1, 0.15) is 30.0 Å². The van der Waals surface area contributed by atoms with Crippen LogP contribution in [0.5, 0.6) is 0 Å². The molecule has 0 aliphatic rings. The summed E-state index contributed by atoms with van der Waals surface area (Å²) in [4.78, 5) is 17.9. The maximum Gasteiger partial charge on any atom is 0.242 e. The molecule has 1 atom stereocenters. The van der Waals surface area contributed by atoms with Gasteiger partial charge in [0.1, 0.15) is 0 Å². The van der Waals surface area contributed by atoms with E-state index in [-0.39, 0.29) is 16.1 Å². The second-order valence-electron chi connectivity index (χ2n) is 8.00. The lowest BCUT2D eigenvalue weighted by molar-refractivity contribution is -0.115. The molecule has 1 heterocycles. The molecule has 6 nitrogen and oxygen atoms in total. The fourth-order valence-corrected chi connectivity index (χ4v) is 5.29. The number of fused-ring (bicyclic) bond motifs is 1. The first-order valence-corrected chi connectivity index (χ1v) is 12.7. The van der Waals surface area contributed by atoms with E-state index in [0.717, 1.165) is 32.8 Å². The summed E-state index contributed by atoms with van der Waals surface area (Å²) in [6, 6.07) is 12.7. The molecule has 0 bridgehead atoms. The summed E-state index contributed by atoms with van der Waals surface area (Å²) in [6.45, 7) is 7.93. The molecule has 0 spiro atoms. The molecule has 0 radical (unpaired) electrons. The third-order valence-corrected chi connectivity index (χ3v) is 8.62. The van der Waals surface area contributed by atoms with Gasteiger partial charge in [0.15, 0.2) is 0 Å². The smallest absolute Gasteiger partial charge is 0.242 e. The molecule has 0 saturated carbocycles. The second-order valence-corrected chi connectivity index (χ2v) is 11.4. The summed E-state index contributed by atoms with van der Waals surface area (Å²) < 4.78 is 26.1. The van der Waals surface area contributed by atoms with Crippen LogP contribution in [-0.4, -0.2) is 43.0 Å². The minimum absolute atomic E-state index is 0.0572. The van der Waals surface area contributed by atoms with Gasteiger partial charge in [-0.1, -0.05) is 30.8 Å². The van der Waals surface area contributed by atoms with Crippen LogP contribution in [0.15, 0.2) is 52.4 Å². The average Bonchev–Trinajstić information content (AvgIpc) is 2.74. The van der Waals surface area contributed by atoms with Gasteiger partial charge in [-0.05, 0) is 74.2 Å². The van der Waals surface area contributed by atoms with Crippen LogP contribution in [0.3, 0.4) is 0 Å². The Morgan fingerprint density at radius 3 is 2.47 bits per heavy atom. The predicted octanol–water partition coefficient (Wildman–Crippen LogP) is 4.92. The molecule has 0 aliphatic heterocycles. The molecule has 3 rings (SSSR count). The minimum Gasteiger partial charge on any atom is -0.325 e. The lowest BCUT2D eigenvalue weighted by atomic mass is 10.1. The van der Waals surface area contributed by atoms with Crippen molar-refractivity contribution in [2.24, 2.45) is 0 Å². The standard InChI is InChI=1S/C24H29N3O3S2/c1-7-22(24(28)26-20-10-8-9-15(2)17(20)4)31-23-13-16(3)19-14-18(11-12-21(19)25-23)32(29,30)27(5)6/h8-14,22H,7H2,1-6H3,(H,26,28)/t22-/m1/s1. The van der Waals surface area contributed by atoms with Crippen LogP contribution in [0.25, 0.3) is 10.9 Å². The number of amides is 1. The number of nitrogens with zero attached hydrogens (tertiary/aromatic N) is 2. The van der Waals surface area contributed by atoms with Crippen LogP contribution in [-0.2, 0) is 14.8 Å². The number of carbonyl (C=O) groups is 1. The van der Waals surface area contributed by atoms with Gasteiger partial charge in [0, 0.05) is 25.2 Å². The predicted molar refractivity (Wildman–Crippen MR) is 132 cm³/mol. The summed E-state index contributed by atoms with van der Waals surface area (Å²) in [5.74, 6) is -0.0572. The van der Waals surface area contributed by atoms with E-state index in [1.54, 1.807) is 18.2 Å². The van der Waals surface area contributed by atoms with E-state index in [2.05, 4.69) is 10.3 Å². The fraction of sp³-hybridized carbons (Fsp3) is 0.333. The zero-order valence-corrected chi connectivity index (χ0v) is 20.9. The molecule has 0 fully saturated rings. The van der Waals surface area contributed by atoms with Crippen molar-refractivity contribution in [3.8, 4) is 0 Å². The van der Waals surface area contributed by atoms with Crippen molar-refractivity contribution in [2.75, 3.05) is 19.4 Å². The number of hydrogen-bond acceptors (Lipinski definition) is 5. The summed E-state index contributed by atoms with van der Waals surface area (Å²) >= 11 is 1.42. The van der Waals surface area contributed by atoms with Gasteiger partial charge in [0.25, 0.3) is 0 Å². The van der Waals surface area contributed by atoms with Crippen LogP contribution < -0.4 is 5.32 Å². The highest BCUT2D eigenvalue weighted by Gasteiger charge is 2.21. The second kappa shape index (κ2) is 9.60. The first-order chi connectivity index (χ1) is 15.0. The average molecular weight is 472 g/mol. The van der Waals surface area contributed by atoms with Crippen molar-refractivity contribution >= 4 is 44.3 Å². The highest BCUT2D eigenvalue weighted by atomic mass is 32.2. The molecule has 170 valence electrons. The monoisotopic (exact) mass is 471 g/mol. The molecule has 1 aromatic heterocycles. The van der Waals surface area contributed by atoms with Gasteiger partial charge >= 0.3 is 0 Å². The van der Waals surface area contributed by atoms with Gasteiger partial charge < -0.3 is 5.32 Å². The number of anilines is 1. The Hall–Kier alpha value is -2.42. The van der Waals surface area contributed by atoms with Gasteiger partial charge in [-0.2, -0.15) is 0 Å². The number of aromatic nitrogens is 1. The number of sulfonamides is 1. The van der Waals surface area contributed by atoms with Crippen molar-refractivity contribution in [2.45, 2.75) is 49.3 Å². The Morgan fingerprint density at radius 1 is 1.09 bits per heavy atom. The van der Waals surface area contributed by atoms with Crippen molar-refractivity contribution in [1.29, 1.82) is 0 Å². The highest BCUT2D eigenvalue weighted by Crippen LogP contribution is 2.30. The quantitative estimate of drug-likeness (QED) is 0.495. The van der Waals surface area contributed by atoms with Crippen LogP contribution >= 0.6 is 11.8 Å². The summed E-state index contributed by atoms with van der Waals surface area (Å²) in [7, 11) is -0.494. The van der Waals surface area contributed by atoms with E-state index in [4.69, 9.17) is 0 Å². The number of pyridine rings is 1. The van der Waals surface area contributed by atoms with Crippen molar-refractivity contribution in [3.05, 3.63) is 59.2 Å². The van der Waals surface area contributed by atoms with Crippen molar-refractivity contribution in [1.82, 2.24) is 9.29 Å². The van der Waals surface area contributed by atoms with Gasteiger partial charge in [-0.15, -0.1) is 0 Å². The van der Waals surface area contributed by atoms with E-state index in [1.165, 1.54) is 30.2 Å². The van der Waals surface area contributed by atoms with E-state index in [0.29, 0.717) is 11.9 Å². The van der Waals surface area contributed by atoms with E-state index < -0.39 is 10.0 Å². The van der Waals surface area contributed by atoms with Crippen molar-refractivity contribution < 1.29 is 13.2 Å². The summed E-state index contributed by atoms with van der Waals surface area (Å²) in [5.41, 5.74) is 4.63. The van der Waals surface area contributed by atoms with Crippen LogP contribution in [0.4, 0.5) is 5.69 Å². The zero-order chi connectivity index (χ0) is 23.6. The Bertz CT molecular complexity index is 1270. The molecule has 0 saturated heterocycles. The summed E-state index contributed by atoms with van der Waals surface area (Å²) in [5, 5.41) is 4.27. The zero-order valence-electron chi connectivity index (χ0n) is 19.3. The Morgan fingerprint density at radius 2 is 1.81 bits per heavy atom. The number of hydrogen-bond donors (Lipinski definition) is 1. The first kappa shape index (κ1) is 24.2. The maximum atomic E-state index is 12.9. The molecular formula is C24H29N3O3S2. The molecule has 1 amide bonds. The first-order valence-electron chi connectivity index (χ1n) is 10.4. The molecule has 0 aliphatic carbocycles. The van der Waals surface area contributed by atoms with Gasteiger partial charge in [-0.3, -0.25) is 4.79 Å². The van der Waals surface area contributed by atoms with Gasteiger partial charge in [0.2, 0.25) is 15.9 Å². The van der Waals surface area contributed by atoms with Crippen LogP contribution in [0.2, 0.25) is 0 Å². The molecule has 1 N–H and O–H groups in total. The largest absolute Gasteiger partial charge is 0.325 e. The molecule has 8 heteroatoms. The number of nitrogens with one attached hydrogen (secondary N) is 1. The van der Waals surface area contributed by atoms with E-state index in [9.17, 15) is 13.2 Å². The van der Waals surface area contributed by atoms with Gasteiger partial charge in [-0.25, -0.2) is 17.7 Å². The number of rotatable bonds is 7. The van der Waals surface area contributed by atoms with Crippen LogP contribution in [0, 0.1) is 20.8 Å². The normalized spacial score (nSPS) is 12.8. The molecule has 3 aromatic rings. The third-order valence-electron chi connectivity index (χ3n) is 5.53. The number of benzene rings is 2. The number of thioether (sulfide) groups is 1. The molecule has 0 unspecified atom stereocenters. The Balaban J connectivity index is 1.87. The third kappa shape index (κ3) is 4.98. The maximum absolute atomic E-state index is 12.9. The molecule has 32 heavy (non-hydrogen) atoms. The lowest BCUT2D eigenvalue weighted by Crippen LogP contribution is -2.25. The number of aryl methyl sites for hydroxylation is 2. The fourth-order valence-electron chi connectivity index (χ4n) is 3.34. The lowest BCUT2D eigenvalue weighted by Gasteiger charge is -2.17. The van der Waals surface area contributed by atoms with Gasteiger partial charge in [0.05, 0.1) is 20.7 Å². The summed E-state index contributed by atoms with van der Waals surface area (Å²) in [6.07, 6.45) is 0.653. The SMILES string of the molecule is CC[C@@H](Sc1cc(C)c2cc(S(=O)(=O)N(C)C)ccc2n1)C(=O)Nc1cccc(C)c1C. The molecule has 2 aromatic carbocycles. The number of carbonyl (C=O) groups excluding carboxylic acids is 1. The topological polar surface area (TPSA) is 79.4 Å². The highest BCUT2D eigenvalue weighted by molar-refractivity contribution is 8.00. The van der Waals surface area contributed by atoms with Crippen molar-refractivity contribution in [3.63, 3.8) is 0 Å². The molecular weight excluding hydrogens is 442 g/mol. The Labute approximate surface area is 194 Å². The van der Waals surface area contributed by atoms with E-state index in [1.807, 2.05) is 52.0 Å².